The summed E-state index contributed by atoms with van der Waals surface area (Å²) in [6.45, 7) is 12.6. The third-order valence-electron chi connectivity index (χ3n) is 3.88. The average molecular weight is 368 g/mol. The number of phenols is 1. The van der Waals surface area contributed by atoms with Crippen LogP contribution in [0.4, 0.5) is 0 Å². The van der Waals surface area contributed by atoms with E-state index in [0.29, 0.717) is 64.4 Å². The lowest BCUT2D eigenvalue weighted by Gasteiger charge is -2.29. The second-order valence-corrected chi connectivity index (χ2v) is 8.25. The molecule has 6 nitrogen and oxygen atoms in total. The van der Waals surface area contributed by atoms with Crippen LogP contribution in [0.1, 0.15) is 27.7 Å². The van der Waals surface area contributed by atoms with Crippen LogP contribution in [0.15, 0.2) is 18.2 Å². The van der Waals surface area contributed by atoms with E-state index in [0.717, 1.165) is 0 Å². The van der Waals surface area contributed by atoms with Crippen molar-refractivity contribution in [1.82, 2.24) is 0 Å². The predicted molar refractivity (Wildman–Crippen MR) is 99.1 cm³/mol. The Morgan fingerprint density at radius 1 is 0.692 bits per heavy atom. The van der Waals surface area contributed by atoms with E-state index >= 15 is 0 Å². The predicted octanol–water partition coefficient (Wildman–Crippen LogP) is 3.27. The zero-order valence-corrected chi connectivity index (χ0v) is 16.4. The molecule has 0 unspecified atom stereocenters. The highest BCUT2D eigenvalue weighted by atomic mass is 16.6. The SMILES string of the molecule is CC1(C)COCCOCCOc2ccc(O)cc2OCC(C)(C)COC1. The molecule has 0 radical (unpaired) electrons. The van der Waals surface area contributed by atoms with E-state index in [9.17, 15) is 5.11 Å². The zero-order chi connectivity index (χ0) is 19.0. The quantitative estimate of drug-likeness (QED) is 0.758. The molecule has 1 N–H and O–H groups in total. The summed E-state index contributed by atoms with van der Waals surface area (Å²) in [6.07, 6.45) is 0. The summed E-state index contributed by atoms with van der Waals surface area (Å²) in [5, 5.41) is 9.75. The molecule has 0 bridgehead atoms. The number of aromatic hydroxyl groups is 1. The van der Waals surface area contributed by atoms with Gasteiger partial charge in [0.05, 0.1) is 46.2 Å². The Hall–Kier alpha value is -1.50. The van der Waals surface area contributed by atoms with E-state index in [1.165, 1.54) is 0 Å². The van der Waals surface area contributed by atoms with E-state index in [1.807, 2.05) is 0 Å². The van der Waals surface area contributed by atoms with Gasteiger partial charge in [-0.25, -0.2) is 0 Å². The molecule has 1 heterocycles. The first-order chi connectivity index (χ1) is 12.3. The van der Waals surface area contributed by atoms with Gasteiger partial charge in [-0.2, -0.15) is 0 Å². The highest BCUT2D eigenvalue weighted by Crippen LogP contribution is 2.32. The lowest BCUT2D eigenvalue weighted by Crippen LogP contribution is -2.32. The van der Waals surface area contributed by atoms with E-state index in [4.69, 9.17) is 23.7 Å². The fourth-order valence-electron chi connectivity index (χ4n) is 2.47. The topological polar surface area (TPSA) is 66.4 Å². The van der Waals surface area contributed by atoms with Crippen molar-refractivity contribution in [3.05, 3.63) is 18.2 Å². The number of phenolic OH excluding ortho intramolecular Hbond substituents is 1. The molecule has 2 rings (SSSR count). The van der Waals surface area contributed by atoms with Crippen molar-refractivity contribution in [1.29, 1.82) is 0 Å². The first-order valence-corrected chi connectivity index (χ1v) is 9.09. The maximum Gasteiger partial charge on any atom is 0.164 e. The molecule has 0 aromatic heterocycles. The van der Waals surface area contributed by atoms with Gasteiger partial charge in [-0.1, -0.05) is 27.7 Å². The van der Waals surface area contributed by atoms with Crippen LogP contribution >= 0.6 is 0 Å². The minimum Gasteiger partial charge on any atom is -0.508 e. The molecule has 0 aliphatic carbocycles. The van der Waals surface area contributed by atoms with Gasteiger partial charge in [-0.05, 0) is 12.1 Å². The first kappa shape index (κ1) is 20.8. The van der Waals surface area contributed by atoms with E-state index < -0.39 is 0 Å². The Morgan fingerprint density at radius 3 is 2.08 bits per heavy atom. The number of hydrogen-bond donors (Lipinski definition) is 1. The first-order valence-electron chi connectivity index (χ1n) is 9.09. The standard InChI is InChI=1S/C20H32O6/c1-19(2)12-23-8-7-22-9-10-25-17-6-5-16(21)11-18(17)26-15-20(3,4)14-24-13-19/h5-6,11,21H,7-10,12-15H2,1-4H3. The van der Waals surface area contributed by atoms with Gasteiger partial charge in [0.25, 0.3) is 0 Å². The lowest BCUT2D eigenvalue weighted by molar-refractivity contribution is -0.0420. The van der Waals surface area contributed by atoms with Gasteiger partial charge in [0.1, 0.15) is 12.4 Å². The average Bonchev–Trinajstić information content (AvgIpc) is 2.56. The van der Waals surface area contributed by atoms with Crippen molar-refractivity contribution in [2.24, 2.45) is 10.8 Å². The monoisotopic (exact) mass is 368 g/mol. The number of ether oxygens (including phenoxy) is 5. The van der Waals surface area contributed by atoms with Crippen molar-refractivity contribution in [3.8, 4) is 17.2 Å². The largest absolute Gasteiger partial charge is 0.508 e. The Balaban J connectivity index is 2.05. The summed E-state index contributed by atoms with van der Waals surface area (Å²) in [6, 6.07) is 4.85. The second kappa shape index (κ2) is 9.44. The summed E-state index contributed by atoms with van der Waals surface area (Å²) in [5.74, 6) is 1.25. The fourth-order valence-corrected chi connectivity index (χ4v) is 2.47. The maximum absolute atomic E-state index is 9.75. The Bertz CT molecular complexity index is 555. The molecular formula is C20H32O6. The lowest BCUT2D eigenvalue weighted by atomic mass is 9.94. The van der Waals surface area contributed by atoms with Crippen LogP contribution in [0.5, 0.6) is 17.2 Å². The van der Waals surface area contributed by atoms with Crippen LogP contribution < -0.4 is 9.47 Å². The minimum absolute atomic E-state index is 0.0631. The van der Waals surface area contributed by atoms with Crippen molar-refractivity contribution in [2.45, 2.75) is 27.7 Å². The van der Waals surface area contributed by atoms with Crippen LogP contribution in [0, 0.1) is 10.8 Å². The van der Waals surface area contributed by atoms with Crippen molar-refractivity contribution in [3.63, 3.8) is 0 Å². The smallest absolute Gasteiger partial charge is 0.164 e. The molecule has 1 aromatic rings. The molecule has 0 atom stereocenters. The van der Waals surface area contributed by atoms with Gasteiger partial charge in [0, 0.05) is 16.9 Å². The third kappa shape index (κ3) is 7.40. The summed E-state index contributed by atoms with van der Waals surface area (Å²) in [7, 11) is 0. The summed E-state index contributed by atoms with van der Waals surface area (Å²) in [4.78, 5) is 0. The maximum atomic E-state index is 9.75. The number of benzene rings is 1. The molecule has 0 fully saturated rings. The van der Waals surface area contributed by atoms with Crippen LogP contribution in [-0.2, 0) is 14.2 Å². The van der Waals surface area contributed by atoms with Gasteiger partial charge in [-0.15, -0.1) is 0 Å². The van der Waals surface area contributed by atoms with Gasteiger partial charge >= 0.3 is 0 Å². The highest BCUT2D eigenvalue weighted by Gasteiger charge is 2.24. The molecular weight excluding hydrogens is 336 g/mol. The van der Waals surface area contributed by atoms with E-state index in [1.54, 1.807) is 18.2 Å². The Labute approximate surface area is 156 Å². The molecule has 0 saturated heterocycles. The van der Waals surface area contributed by atoms with Gasteiger partial charge in [0.15, 0.2) is 11.5 Å². The molecule has 1 aromatic carbocycles. The van der Waals surface area contributed by atoms with E-state index in [-0.39, 0.29) is 16.6 Å². The fraction of sp³-hybridized carbons (Fsp3) is 0.700. The van der Waals surface area contributed by atoms with Gasteiger partial charge in [-0.3, -0.25) is 0 Å². The Morgan fingerprint density at radius 2 is 1.31 bits per heavy atom. The van der Waals surface area contributed by atoms with Crippen LogP contribution in [-0.4, -0.2) is 58.0 Å². The third-order valence-corrected chi connectivity index (χ3v) is 3.88. The summed E-state index contributed by atoms with van der Waals surface area (Å²) >= 11 is 0. The minimum atomic E-state index is -0.184. The van der Waals surface area contributed by atoms with Crippen LogP contribution in [0.2, 0.25) is 0 Å². The molecule has 0 saturated carbocycles. The van der Waals surface area contributed by atoms with Gasteiger partial charge in [0.2, 0.25) is 0 Å². The molecule has 148 valence electrons. The zero-order valence-electron chi connectivity index (χ0n) is 16.4. The van der Waals surface area contributed by atoms with Crippen LogP contribution in [0.3, 0.4) is 0 Å². The molecule has 6 heteroatoms. The number of fused-ring (bicyclic) bond motifs is 1. The molecule has 1 aliphatic rings. The van der Waals surface area contributed by atoms with E-state index in [2.05, 4.69) is 27.7 Å². The van der Waals surface area contributed by atoms with Crippen molar-refractivity contribution in [2.75, 3.05) is 52.9 Å². The summed E-state index contributed by atoms with van der Waals surface area (Å²) in [5.41, 5.74) is -0.247. The van der Waals surface area contributed by atoms with Gasteiger partial charge < -0.3 is 28.8 Å². The summed E-state index contributed by atoms with van der Waals surface area (Å²) < 4.78 is 28.8. The number of hydrogen-bond acceptors (Lipinski definition) is 6. The molecule has 0 spiro atoms. The molecule has 0 amide bonds. The van der Waals surface area contributed by atoms with Crippen molar-refractivity contribution < 1.29 is 28.8 Å². The second-order valence-electron chi connectivity index (χ2n) is 8.25. The Kier molecular flexibility index (Phi) is 7.55. The highest BCUT2D eigenvalue weighted by molar-refractivity contribution is 5.45. The number of rotatable bonds is 0. The normalized spacial score (nSPS) is 22.3. The molecule has 26 heavy (non-hydrogen) atoms. The van der Waals surface area contributed by atoms with Crippen molar-refractivity contribution >= 4 is 0 Å². The van der Waals surface area contributed by atoms with Crippen LogP contribution in [0.25, 0.3) is 0 Å². The molecule has 1 aliphatic heterocycles.